The van der Waals surface area contributed by atoms with Crippen molar-refractivity contribution in [2.45, 2.75) is 37.5 Å². The van der Waals surface area contributed by atoms with Crippen LogP contribution in [0, 0.1) is 0 Å². The second kappa shape index (κ2) is 4.05. The highest BCUT2D eigenvalue weighted by Gasteiger charge is 2.53. The second-order valence-corrected chi connectivity index (χ2v) is 5.95. The Hall–Kier alpha value is -0.910. The molecule has 0 aliphatic carbocycles. The number of hydrogen-bond donors (Lipinski definition) is 1. The van der Waals surface area contributed by atoms with Crippen LogP contribution in [0.1, 0.15) is 32.0 Å². The maximum atomic E-state index is 6.12. The van der Waals surface area contributed by atoms with Gasteiger partial charge >= 0.3 is 0 Å². The van der Waals surface area contributed by atoms with E-state index in [0.717, 1.165) is 25.3 Å². The van der Waals surface area contributed by atoms with Crippen molar-refractivity contribution in [3.8, 4) is 0 Å². The predicted molar refractivity (Wildman–Crippen MR) is 67.3 cm³/mol. The summed E-state index contributed by atoms with van der Waals surface area (Å²) in [6, 6.07) is 0.153. The summed E-state index contributed by atoms with van der Waals surface area (Å²) in [6.07, 6.45) is 4.66. The lowest BCUT2D eigenvalue weighted by Crippen LogP contribution is -2.53. The smallest absolute Gasteiger partial charge is 0.115 e. The fourth-order valence-electron chi connectivity index (χ4n) is 3.16. The van der Waals surface area contributed by atoms with Crippen LogP contribution in [0.4, 0.5) is 0 Å². The van der Waals surface area contributed by atoms with Gasteiger partial charge in [0.05, 0.1) is 36.9 Å². The Morgan fingerprint density at radius 2 is 2.28 bits per heavy atom. The van der Waals surface area contributed by atoms with Crippen molar-refractivity contribution in [1.29, 1.82) is 0 Å². The lowest BCUT2D eigenvalue weighted by molar-refractivity contribution is -0.101. The van der Waals surface area contributed by atoms with Crippen LogP contribution in [-0.4, -0.2) is 40.5 Å². The highest BCUT2D eigenvalue weighted by molar-refractivity contribution is 5.16. The lowest BCUT2D eigenvalue weighted by Gasteiger charge is -2.41. The van der Waals surface area contributed by atoms with Gasteiger partial charge in [-0.3, -0.25) is 0 Å². The van der Waals surface area contributed by atoms with E-state index in [1.54, 1.807) is 0 Å². The molecule has 2 fully saturated rings. The zero-order valence-corrected chi connectivity index (χ0v) is 11.3. The summed E-state index contributed by atoms with van der Waals surface area (Å²) < 4.78 is 14.1. The number of nitrogens with zero attached hydrogens (tertiary/aromatic N) is 2. The maximum Gasteiger partial charge on any atom is 0.115 e. The summed E-state index contributed by atoms with van der Waals surface area (Å²) in [5.74, 6) is 0. The van der Waals surface area contributed by atoms with Gasteiger partial charge in [0.1, 0.15) is 5.60 Å². The topological polar surface area (TPSA) is 48.3 Å². The summed E-state index contributed by atoms with van der Waals surface area (Å²) in [5.41, 5.74) is 0.793. The average molecular weight is 251 g/mol. The Balaban J connectivity index is 1.94. The van der Waals surface area contributed by atoms with Gasteiger partial charge in [-0.05, 0) is 13.8 Å². The maximum absolute atomic E-state index is 6.12. The molecule has 1 aromatic rings. The molecule has 2 aliphatic rings. The number of aromatic nitrogens is 2. The van der Waals surface area contributed by atoms with Crippen molar-refractivity contribution in [3.05, 3.63) is 18.2 Å². The molecule has 2 atom stereocenters. The van der Waals surface area contributed by atoms with Crippen molar-refractivity contribution in [2.75, 3.05) is 19.8 Å². The standard InChI is InChI=1S/C13H21N3O2/c1-12(2)7-13(8-18-12)11(15-4-5-17-13)10-6-14-9-16(10)3/h6,9,11,15H,4-5,7-8H2,1-3H3. The van der Waals surface area contributed by atoms with Gasteiger partial charge in [-0.2, -0.15) is 0 Å². The first-order valence-electron chi connectivity index (χ1n) is 6.50. The molecule has 0 aromatic carbocycles. The molecule has 1 N–H and O–H groups in total. The third kappa shape index (κ3) is 1.86. The van der Waals surface area contributed by atoms with Crippen LogP contribution in [0.3, 0.4) is 0 Å². The molecule has 3 rings (SSSR count). The van der Waals surface area contributed by atoms with Crippen molar-refractivity contribution in [2.24, 2.45) is 7.05 Å². The molecule has 2 aliphatic heterocycles. The van der Waals surface area contributed by atoms with E-state index in [4.69, 9.17) is 9.47 Å². The summed E-state index contributed by atoms with van der Waals surface area (Å²) in [5, 5.41) is 3.57. The molecular formula is C13H21N3O2. The van der Waals surface area contributed by atoms with Gasteiger partial charge < -0.3 is 19.4 Å². The summed E-state index contributed by atoms with van der Waals surface area (Å²) >= 11 is 0. The Morgan fingerprint density at radius 3 is 2.89 bits per heavy atom. The molecule has 5 heteroatoms. The SMILES string of the molecule is Cn1cncc1C1NCCOC12COC(C)(C)C2. The normalized spacial score (nSPS) is 35.2. The third-order valence-electron chi connectivity index (χ3n) is 3.95. The largest absolute Gasteiger partial charge is 0.372 e. The van der Waals surface area contributed by atoms with Crippen LogP contribution in [0.15, 0.2) is 12.5 Å². The first kappa shape index (κ1) is 12.1. The minimum absolute atomic E-state index is 0.115. The third-order valence-corrected chi connectivity index (χ3v) is 3.95. The number of morpholine rings is 1. The molecule has 0 amide bonds. The van der Waals surface area contributed by atoms with Crippen molar-refractivity contribution in [1.82, 2.24) is 14.9 Å². The Labute approximate surface area is 107 Å². The molecule has 0 bridgehead atoms. The van der Waals surface area contributed by atoms with Crippen LogP contribution >= 0.6 is 0 Å². The summed E-state index contributed by atoms with van der Waals surface area (Å²) in [4.78, 5) is 4.21. The Morgan fingerprint density at radius 1 is 1.44 bits per heavy atom. The molecule has 2 unspecified atom stereocenters. The van der Waals surface area contributed by atoms with Crippen molar-refractivity contribution in [3.63, 3.8) is 0 Å². The zero-order valence-electron chi connectivity index (χ0n) is 11.3. The molecule has 0 radical (unpaired) electrons. The molecule has 1 spiro atoms. The Kier molecular flexibility index (Phi) is 2.73. The van der Waals surface area contributed by atoms with E-state index in [0.29, 0.717) is 6.61 Å². The fraction of sp³-hybridized carbons (Fsp3) is 0.769. The number of aryl methyl sites for hydroxylation is 1. The van der Waals surface area contributed by atoms with Crippen LogP contribution in [0.2, 0.25) is 0 Å². The summed E-state index contributed by atoms with van der Waals surface area (Å²) in [6.45, 7) is 6.51. The quantitative estimate of drug-likeness (QED) is 0.809. The van der Waals surface area contributed by atoms with E-state index in [2.05, 4.69) is 28.7 Å². The van der Waals surface area contributed by atoms with Crippen LogP contribution in [0.5, 0.6) is 0 Å². The molecule has 2 saturated heterocycles. The molecule has 0 saturated carbocycles. The first-order valence-corrected chi connectivity index (χ1v) is 6.50. The predicted octanol–water partition coefficient (Wildman–Crippen LogP) is 1.02. The van der Waals surface area contributed by atoms with Crippen LogP contribution in [0.25, 0.3) is 0 Å². The van der Waals surface area contributed by atoms with Gasteiger partial charge in [-0.15, -0.1) is 0 Å². The van der Waals surface area contributed by atoms with Crippen molar-refractivity contribution >= 4 is 0 Å². The zero-order chi connectivity index (χ0) is 12.8. The van der Waals surface area contributed by atoms with E-state index < -0.39 is 0 Å². The number of rotatable bonds is 1. The first-order chi connectivity index (χ1) is 8.53. The average Bonchev–Trinajstić information content (AvgIpc) is 2.85. The second-order valence-electron chi connectivity index (χ2n) is 5.95. The van der Waals surface area contributed by atoms with Gasteiger partial charge in [0.15, 0.2) is 0 Å². The molecule has 1 aromatic heterocycles. The van der Waals surface area contributed by atoms with Gasteiger partial charge in [0.25, 0.3) is 0 Å². The highest BCUT2D eigenvalue weighted by atomic mass is 16.6. The minimum atomic E-state index is -0.254. The molecular weight excluding hydrogens is 230 g/mol. The summed E-state index contributed by atoms with van der Waals surface area (Å²) in [7, 11) is 2.02. The van der Waals surface area contributed by atoms with Crippen molar-refractivity contribution < 1.29 is 9.47 Å². The lowest BCUT2D eigenvalue weighted by atomic mass is 9.84. The van der Waals surface area contributed by atoms with E-state index in [-0.39, 0.29) is 17.2 Å². The molecule has 18 heavy (non-hydrogen) atoms. The van der Waals surface area contributed by atoms with E-state index in [1.165, 1.54) is 0 Å². The molecule has 5 nitrogen and oxygen atoms in total. The Bertz CT molecular complexity index is 443. The van der Waals surface area contributed by atoms with Gasteiger partial charge in [-0.25, -0.2) is 4.98 Å². The van der Waals surface area contributed by atoms with Gasteiger partial charge in [-0.1, -0.05) is 0 Å². The number of hydrogen-bond acceptors (Lipinski definition) is 4. The molecule has 3 heterocycles. The van der Waals surface area contributed by atoms with Gasteiger partial charge in [0, 0.05) is 26.2 Å². The number of ether oxygens (including phenoxy) is 2. The van der Waals surface area contributed by atoms with Crippen LogP contribution < -0.4 is 5.32 Å². The monoisotopic (exact) mass is 251 g/mol. The van der Waals surface area contributed by atoms with E-state index in [9.17, 15) is 0 Å². The van der Waals surface area contributed by atoms with Crippen LogP contribution in [-0.2, 0) is 16.5 Å². The number of nitrogens with one attached hydrogen (secondary N) is 1. The van der Waals surface area contributed by atoms with E-state index >= 15 is 0 Å². The highest BCUT2D eigenvalue weighted by Crippen LogP contribution is 2.44. The molecule has 100 valence electrons. The van der Waals surface area contributed by atoms with E-state index in [1.807, 2.05) is 19.6 Å². The van der Waals surface area contributed by atoms with Gasteiger partial charge in [0.2, 0.25) is 0 Å². The number of imidazole rings is 1. The minimum Gasteiger partial charge on any atom is -0.372 e. The fourth-order valence-corrected chi connectivity index (χ4v) is 3.16.